The van der Waals surface area contributed by atoms with E-state index in [1.165, 1.54) is 7.11 Å². The maximum absolute atomic E-state index is 13.5. The number of aromatic amines is 1. The molecule has 4 rings (SSSR count). The number of fused-ring (bicyclic) bond motifs is 1. The summed E-state index contributed by atoms with van der Waals surface area (Å²) in [7, 11) is 1.34. The van der Waals surface area contributed by atoms with E-state index in [0.717, 1.165) is 18.8 Å². The molecule has 2 aliphatic rings. The fourth-order valence-corrected chi connectivity index (χ4v) is 5.31. The van der Waals surface area contributed by atoms with Gasteiger partial charge in [0, 0.05) is 49.4 Å². The monoisotopic (exact) mass is 484 g/mol. The number of halogens is 1. The highest BCUT2D eigenvalue weighted by molar-refractivity contribution is 6.01. The van der Waals surface area contributed by atoms with Gasteiger partial charge in [-0.15, -0.1) is 0 Å². The third-order valence-corrected chi connectivity index (χ3v) is 7.48. The van der Waals surface area contributed by atoms with E-state index in [0.29, 0.717) is 61.3 Å². The zero-order valence-electron chi connectivity index (χ0n) is 20.6. The standard InChI is InChI=1S/C25H33FN6O3/c1-16-15-31(10-9-26)11-12-32(16)21-14-19-18(13-20(21)27-3)29-23(30-19)22(33)25(2)7-5-17(6-8-25)28-24(34)35-4/h13-14,16-17H,5-12,15H2,1-2,4H3,(H,28,34)(H,29,30). The number of imidazole rings is 1. The van der Waals surface area contributed by atoms with Gasteiger partial charge >= 0.3 is 6.09 Å². The molecular formula is C25H33FN6O3. The number of aromatic nitrogens is 2. The Morgan fingerprint density at radius 3 is 2.71 bits per heavy atom. The maximum Gasteiger partial charge on any atom is 0.407 e. The van der Waals surface area contributed by atoms with Crippen LogP contribution in [0.5, 0.6) is 0 Å². The molecule has 1 atom stereocenters. The zero-order chi connectivity index (χ0) is 25.2. The Morgan fingerprint density at radius 1 is 1.34 bits per heavy atom. The number of anilines is 1. The second-order valence-electron chi connectivity index (χ2n) is 9.89. The van der Waals surface area contributed by atoms with Crippen molar-refractivity contribution in [2.24, 2.45) is 5.41 Å². The first kappa shape index (κ1) is 24.9. The normalized spacial score (nSPS) is 25.3. The SMILES string of the molecule is [C-]#[N+]c1cc2[nH]c(C(=O)C3(C)CCC(NC(=O)OC)CC3)nc2cc1N1CCN(CCF)CC1C. The number of amides is 1. The van der Waals surface area contributed by atoms with Gasteiger partial charge in [-0.2, -0.15) is 0 Å². The largest absolute Gasteiger partial charge is 0.453 e. The number of nitrogens with one attached hydrogen (secondary N) is 2. The number of Topliss-reactive ketones (excluding diaryl/α,β-unsaturated/α-hetero) is 1. The smallest absolute Gasteiger partial charge is 0.407 e. The lowest BCUT2D eigenvalue weighted by molar-refractivity contribution is 0.0715. The molecule has 2 aromatic rings. The number of piperazine rings is 1. The molecule has 1 saturated carbocycles. The fraction of sp³-hybridized carbons (Fsp3) is 0.600. The minimum Gasteiger partial charge on any atom is -0.453 e. The van der Waals surface area contributed by atoms with Gasteiger partial charge in [0.15, 0.2) is 5.82 Å². The number of alkyl halides is 1. The van der Waals surface area contributed by atoms with Gasteiger partial charge in [-0.3, -0.25) is 9.69 Å². The Kier molecular flexibility index (Phi) is 7.26. The van der Waals surface area contributed by atoms with Gasteiger partial charge in [0.05, 0.1) is 24.7 Å². The number of ether oxygens (including phenoxy) is 1. The van der Waals surface area contributed by atoms with Crippen LogP contribution in [-0.4, -0.2) is 78.8 Å². The van der Waals surface area contributed by atoms with Crippen molar-refractivity contribution in [3.8, 4) is 0 Å². The van der Waals surface area contributed by atoms with Gasteiger partial charge in [-0.05, 0) is 44.7 Å². The predicted octanol–water partition coefficient (Wildman–Crippen LogP) is 4.08. The van der Waals surface area contributed by atoms with Crippen LogP contribution in [0.2, 0.25) is 0 Å². The van der Waals surface area contributed by atoms with E-state index in [1.54, 1.807) is 6.07 Å². The molecule has 10 heteroatoms. The van der Waals surface area contributed by atoms with Crippen molar-refractivity contribution in [2.75, 3.05) is 44.9 Å². The summed E-state index contributed by atoms with van der Waals surface area (Å²) in [6, 6.07) is 3.77. The quantitative estimate of drug-likeness (QED) is 0.474. The van der Waals surface area contributed by atoms with E-state index < -0.39 is 11.5 Å². The number of nitrogens with zero attached hydrogens (tertiary/aromatic N) is 4. The van der Waals surface area contributed by atoms with E-state index in [1.807, 2.05) is 13.0 Å². The highest BCUT2D eigenvalue weighted by atomic mass is 19.1. The molecule has 2 fully saturated rings. The molecule has 1 aliphatic carbocycles. The summed E-state index contributed by atoms with van der Waals surface area (Å²) < 4.78 is 17.5. The summed E-state index contributed by atoms with van der Waals surface area (Å²) in [5.41, 5.74) is 2.04. The molecule has 188 valence electrons. The highest BCUT2D eigenvalue weighted by Gasteiger charge is 2.40. The molecule has 9 nitrogen and oxygen atoms in total. The lowest BCUT2D eigenvalue weighted by Gasteiger charge is -2.41. The van der Waals surface area contributed by atoms with Crippen molar-refractivity contribution in [1.82, 2.24) is 20.2 Å². The van der Waals surface area contributed by atoms with E-state index in [2.05, 4.69) is 41.6 Å². The Bertz CT molecular complexity index is 1130. The fourth-order valence-electron chi connectivity index (χ4n) is 5.31. The lowest BCUT2D eigenvalue weighted by atomic mass is 9.71. The van der Waals surface area contributed by atoms with Crippen LogP contribution in [-0.2, 0) is 4.74 Å². The molecule has 2 heterocycles. The summed E-state index contributed by atoms with van der Waals surface area (Å²) in [5, 5.41) is 2.82. The summed E-state index contributed by atoms with van der Waals surface area (Å²) in [5.74, 6) is 0.250. The molecule has 1 amide bonds. The van der Waals surface area contributed by atoms with Gasteiger partial charge in [0.25, 0.3) is 0 Å². The molecule has 0 radical (unpaired) electrons. The van der Waals surface area contributed by atoms with Crippen LogP contribution in [0.4, 0.5) is 20.6 Å². The Hall–Kier alpha value is -3.19. The molecule has 0 bridgehead atoms. The first-order valence-electron chi connectivity index (χ1n) is 12.1. The molecule has 2 N–H and O–H groups in total. The number of hydrogen-bond donors (Lipinski definition) is 2. The van der Waals surface area contributed by atoms with Crippen molar-refractivity contribution >= 4 is 34.3 Å². The number of alkyl carbamates (subject to hydrolysis) is 1. The van der Waals surface area contributed by atoms with Crippen molar-refractivity contribution in [1.29, 1.82) is 0 Å². The second-order valence-corrected chi connectivity index (χ2v) is 9.89. The highest BCUT2D eigenvalue weighted by Crippen LogP contribution is 2.40. The molecule has 1 unspecified atom stereocenters. The number of ketones is 1. The first-order chi connectivity index (χ1) is 16.8. The van der Waals surface area contributed by atoms with Crippen LogP contribution >= 0.6 is 0 Å². The third-order valence-electron chi connectivity index (χ3n) is 7.48. The molecule has 1 aromatic heterocycles. The van der Waals surface area contributed by atoms with Crippen LogP contribution in [0.15, 0.2) is 12.1 Å². The van der Waals surface area contributed by atoms with Crippen molar-refractivity contribution < 1.29 is 18.7 Å². The Balaban J connectivity index is 1.54. The van der Waals surface area contributed by atoms with Crippen LogP contribution in [0.25, 0.3) is 15.9 Å². The number of benzene rings is 1. The summed E-state index contributed by atoms with van der Waals surface area (Å²) in [6.45, 7) is 14.0. The molecule has 35 heavy (non-hydrogen) atoms. The number of carbonyl (C=O) groups is 2. The average Bonchev–Trinajstić information content (AvgIpc) is 3.27. The lowest BCUT2D eigenvalue weighted by Crippen LogP contribution is -2.52. The van der Waals surface area contributed by atoms with Gasteiger partial charge in [0.1, 0.15) is 6.67 Å². The molecule has 1 saturated heterocycles. The number of hydrogen-bond acceptors (Lipinski definition) is 6. The Labute approximate surface area is 204 Å². The van der Waals surface area contributed by atoms with E-state index in [-0.39, 0.29) is 24.5 Å². The first-order valence-corrected chi connectivity index (χ1v) is 12.1. The van der Waals surface area contributed by atoms with Gasteiger partial charge in [0.2, 0.25) is 11.5 Å². The van der Waals surface area contributed by atoms with Crippen LogP contribution < -0.4 is 10.2 Å². The van der Waals surface area contributed by atoms with Gasteiger partial charge in [-0.25, -0.2) is 19.0 Å². The van der Waals surface area contributed by atoms with Crippen molar-refractivity contribution in [3.63, 3.8) is 0 Å². The zero-order valence-corrected chi connectivity index (χ0v) is 20.6. The second kappa shape index (κ2) is 10.2. The topological polar surface area (TPSA) is 94.9 Å². The molecule has 0 spiro atoms. The number of methoxy groups -OCH3 is 1. The van der Waals surface area contributed by atoms with Crippen molar-refractivity contribution in [3.05, 3.63) is 29.4 Å². The third kappa shape index (κ3) is 5.10. The summed E-state index contributed by atoms with van der Waals surface area (Å²) in [6.07, 6.45) is 2.20. The van der Waals surface area contributed by atoms with Crippen LogP contribution in [0, 0.1) is 12.0 Å². The molecular weight excluding hydrogens is 451 g/mol. The summed E-state index contributed by atoms with van der Waals surface area (Å²) >= 11 is 0. The van der Waals surface area contributed by atoms with Gasteiger partial charge in [-0.1, -0.05) is 6.92 Å². The van der Waals surface area contributed by atoms with Crippen LogP contribution in [0.3, 0.4) is 0 Å². The van der Waals surface area contributed by atoms with Crippen molar-refractivity contribution in [2.45, 2.75) is 51.6 Å². The van der Waals surface area contributed by atoms with E-state index in [4.69, 9.17) is 6.57 Å². The number of rotatable bonds is 6. The van der Waals surface area contributed by atoms with Crippen LogP contribution in [0.1, 0.15) is 50.1 Å². The summed E-state index contributed by atoms with van der Waals surface area (Å²) in [4.78, 5) is 40.7. The average molecular weight is 485 g/mol. The molecule has 1 aromatic carbocycles. The minimum atomic E-state index is -0.575. The maximum atomic E-state index is 13.5. The molecule has 1 aliphatic heterocycles. The van der Waals surface area contributed by atoms with Gasteiger partial charge < -0.3 is 19.9 Å². The van der Waals surface area contributed by atoms with E-state index >= 15 is 0 Å². The Morgan fingerprint density at radius 2 is 2.09 bits per heavy atom. The predicted molar refractivity (Wildman–Crippen MR) is 132 cm³/mol. The minimum absolute atomic E-state index is 0.00450. The van der Waals surface area contributed by atoms with E-state index in [9.17, 15) is 14.0 Å². The number of H-pyrrole nitrogens is 1. The number of carbonyl (C=O) groups excluding carboxylic acids is 2.